The fourth-order valence-electron chi connectivity index (χ4n) is 2.55. The minimum atomic E-state index is -0.284. The van der Waals surface area contributed by atoms with E-state index in [0.717, 1.165) is 22.2 Å². The van der Waals surface area contributed by atoms with Crippen molar-refractivity contribution < 1.29 is 14.3 Å². The van der Waals surface area contributed by atoms with E-state index >= 15 is 0 Å². The van der Waals surface area contributed by atoms with Crippen LogP contribution in [0.25, 0.3) is 10.9 Å². The predicted molar refractivity (Wildman–Crippen MR) is 103 cm³/mol. The van der Waals surface area contributed by atoms with Gasteiger partial charge in [0.05, 0.1) is 11.6 Å². The summed E-state index contributed by atoms with van der Waals surface area (Å²) in [4.78, 5) is 15.5. The maximum atomic E-state index is 12.5. The standard InChI is InChI=1S/C19H18Cl2N2O3/c1-25-7-8-26-14-4-2-3-12(9-14)11-22-19(24)18-17(21)15-10-13(20)5-6-16(15)23-18/h2-6,9-10,23H,7-8,11H2,1H3,(H,22,24). The van der Waals surface area contributed by atoms with Crippen LogP contribution in [0.1, 0.15) is 16.1 Å². The topological polar surface area (TPSA) is 63.4 Å². The average Bonchev–Trinajstić information content (AvgIpc) is 2.97. The molecule has 1 aromatic heterocycles. The van der Waals surface area contributed by atoms with Crippen molar-refractivity contribution in [3.8, 4) is 5.75 Å². The third-order valence-corrected chi connectivity index (χ3v) is 4.46. The number of ether oxygens (including phenoxy) is 2. The molecule has 1 amide bonds. The number of nitrogens with one attached hydrogen (secondary N) is 2. The van der Waals surface area contributed by atoms with E-state index < -0.39 is 0 Å². The van der Waals surface area contributed by atoms with Gasteiger partial charge in [0.2, 0.25) is 0 Å². The van der Waals surface area contributed by atoms with E-state index in [4.69, 9.17) is 32.7 Å². The van der Waals surface area contributed by atoms with Crippen molar-refractivity contribution in [2.75, 3.05) is 20.3 Å². The van der Waals surface area contributed by atoms with E-state index in [1.165, 1.54) is 0 Å². The molecule has 0 saturated carbocycles. The minimum absolute atomic E-state index is 0.284. The van der Waals surface area contributed by atoms with E-state index in [0.29, 0.717) is 35.5 Å². The van der Waals surface area contributed by atoms with Crippen molar-refractivity contribution >= 4 is 40.0 Å². The molecular weight excluding hydrogens is 375 g/mol. The Bertz CT molecular complexity index is 924. The molecule has 0 fully saturated rings. The van der Waals surface area contributed by atoms with Crippen LogP contribution in [0.3, 0.4) is 0 Å². The Labute approximate surface area is 161 Å². The van der Waals surface area contributed by atoms with Crippen molar-refractivity contribution in [1.82, 2.24) is 10.3 Å². The Morgan fingerprint density at radius 3 is 2.81 bits per heavy atom. The van der Waals surface area contributed by atoms with Crippen LogP contribution in [0.15, 0.2) is 42.5 Å². The van der Waals surface area contributed by atoms with Crippen molar-refractivity contribution in [1.29, 1.82) is 0 Å². The van der Waals surface area contributed by atoms with Gasteiger partial charge in [-0.1, -0.05) is 35.3 Å². The zero-order chi connectivity index (χ0) is 18.5. The second kappa shape index (κ2) is 8.45. The van der Waals surface area contributed by atoms with Gasteiger partial charge in [-0.15, -0.1) is 0 Å². The number of halogens is 2. The summed E-state index contributed by atoms with van der Waals surface area (Å²) < 4.78 is 10.5. The lowest BCUT2D eigenvalue weighted by Gasteiger charge is -2.08. The van der Waals surface area contributed by atoms with E-state index in [2.05, 4.69) is 10.3 Å². The van der Waals surface area contributed by atoms with Gasteiger partial charge < -0.3 is 19.8 Å². The number of rotatable bonds is 7. The number of amides is 1. The number of hydrogen-bond donors (Lipinski definition) is 2. The van der Waals surface area contributed by atoms with E-state index in [-0.39, 0.29) is 5.91 Å². The normalized spacial score (nSPS) is 10.9. The molecule has 0 aliphatic rings. The lowest BCUT2D eigenvalue weighted by molar-refractivity contribution is 0.0947. The largest absolute Gasteiger partial charge is 0.491 e. The zero-order valence-corrected chi connectivity index (χ0v) is 15.7. The van der Waals surface area contributed by atoms with Gasteiger partial charge in [-0.3, -0.25) is 4.79 Å². The quantitative estimate of drug-likeness (QED) is 0.584. The molecule has 3 aromatic rings. The van der Waals surface area contributed by atoms with Gasteiger partial charge in [-0.25, -0.2) is 0 Å². The summed E-state index contributed by atoms with van der Waals surface area (Å²) >= 11 is 12.3. The highest BCUT2D eigenvalue weighted by atomic mass is 35.5. The first-order chi connectivity index (χ1) is 12.6. The van der Waals surface area contributed by atoms with Gasteiger partial charge in [0.15, 0.2) is 0 Å². The molecule has 7 heteroatoms. The number of benzene rings is 2. The summed E-state index contributed by atoms with van der Waals surface area (Å²) in [6.45, 7) is 1.34. The summed E-state index contributed by atoms with van der Waals surface area (Å²) in [5, 5.41) is 4.50. The molecule has 136 valence electrons. The molecule has 0 spiro atoms. The minimum Gasteiger partial charge on any atom is -0.491 e. The summed E-state index contributed by atoms with van der Waals surface area (Å²) in [6, 6.07) is 12.8. The van der Waals surface area contributed by atoms with E-state index in [1.807, 2.05) is 24.3 Å². The molecule has 0 aliphatic carbocycles. The Morgan fingerprint density at radius 1 is 1.15 bits per heavy atom. The highest BCUT2D eigenvalue weighted by Gasteiger charge is 2.16. The fourth-order valence-corrected chi connectivity index (χ4v) is 3.01. The van der Waals surface area contributed by atoms with Crippen LogP contribution in [0.2, 0.25) is 10.0 Å². The molecular formula is C19H18Cl2N2O3. The number of fused-ring (bicyclic) bond motifs is 1. The third-order valence-electron chi connectivity index (χ3n) is 3.83. The van der Waals surface area contributed by atoms with Crippen LogP contribution in [-0.2, 0) is 11.3 Å². The molecule has 0 saturated heterocycles. The Morgan fingerprint density at radius 2 is 2.00 bits per heavy atom. The molecule has 2 aromatic carbocycles. The summed E-state index contributed by atoms with van der Waals surface area (Å²) in [5.74, 6) is 0.445. The maximum absolute atomic E-state index is 12.5. The summed E-state index contributed by atoms with van der Waals surface area (Å²) in [5.41, 5.74) is 2.00. The number of hydrogen-bond acceptors (Lipinski definition) is 3. The number of H-pyrrole nitrogens is 1. The van der Waals surface area contributed by atoms with Crippen molar-refractivity contribution in [3.05, 3.63) is 63.8 Å². The van der Waals surface area contributed by atoms with Crippen molar-refractivity contribution in [2.45, 2.75) is 6.54 Å². The molecule has 0 unspecified atom stereocenters. The average molecular weight is 393 g/mol. The van der Waals surface area contributed by atoms with Crippen molar-refractivity contribution in [3.63, 3.8) is 0 Å². The maximum Gasteiger partial charge on any atom is 0.269 e. The van der Waals surface area contributed by atoms with Gasteiger partial charge in [0.1, 0.15) is 18.1 Å². The predicted octanol–water partition coefficient (Wildman–Crippen LogP) is 4.43. The summed E-state index contributed by atoms with van der Waals surface area (Å²) in [6.07, 6.45) is 0. The molecule has 2 N–H and O–H groups in total. The van der Waals surface area contributed by atoms with Crippen LogP contribution in [-0.4, -0.2) is 31.2 Å². The number of aromatic nitrogens is 1. The molecule has 0 radical (unpaired) electrons. The Kier molecular flexibility index (Phi) is 6.04. The SMILES string of the molecule is COCCOc1cccc(CNC(=O)c2[nH]c3ccc(Cl)cc3c2Cl)c1. The van der Waals surface area contributed by atoms with Crippen LogP contribution in [0, 0.1) is 0 Å². The lowest BCUT2D eigenvalue weighted by Crippen LogP contribution is -2.23. The van der Waals surface area contributed by atoms with Gasteiger partial charge >= 0.3 is 0 Å². The third kappa shape index (κ3) is 4.30. The van der Waals surface area contributed by atoms with Gasteiger partial charge in [0.25, 0.3) is 5.91 Å². The van der Waals surface area contributed by atoms with Gasteiger partial charge in [-0.2, -0.15) is 0 Å². The second-order valence-electron chi connectivity index (χ2n) is 5.68. The van der Waals surface area contributed by atoms with Crippen molar-refractivity contribution in [2.24, 2.45) is 0 Å². The molecule has 1 heterocycles. The highest BCUT2D eigenvalue weighted by Crippen LogP contribution is 2.29. The van der Waals surface area contributed by atoms with E-state index in [1.54, 1.807) is 25.3 Å². The van der Waals surface area contributed by atoms with Crippen LogP contribution in [0.4, 0.5) is 0 Å². The number of aromatic amines is 1. The molecule has 26 heavy (non-hydrogen) atoms. The first kappa shape index (κ1) is 18.6. The van der Waals surface area contributed by atoms with Crippen LogP contribution in [0.5, 0.6) is 5.75 Å². The first-order valence-electron chi connectivity index (χ1n) is 8.04. The van der Waals surface area contributed by atoms with E-state index in [9.17, 15) is 4.79 Å². The molecule has 0 aliphatic heterocycles. The number of carbonyl (C=O) groups excluding carboxylic acids is 1. The fraction of sp³-hybridized carbons (Fsp3) is 0.211. The molecule has 5 nitrogen and oxygen atoms in total. The molecule has 0 atom stereocenters. The lowest BCUT2D eigenvalue weighted by atomic mass is 10.2. The van der Waals surface area contributed by atoms with Gasteiger partial charge in [0, 0.05) is 29.6 Å². The number of carbonyl (C=O) groups is 1. The summed E-state index contributed by atoms with van der Waals surface area (Å²) in [7, 11) is 1.62. The van der Waals surface area contributed by atoms with Crippen LogP contribution >= 0.6 is 23.2 Å². The smallest absolute Gasteiger partial charge is 0.269 e. The van der Waals surface area contributed by atoms with Gasteiger partial charge in [-0.05, 0) is 35.9 Å². The highest BCUT2D eigenvalue weighted by molar-refractivity contribution is 6.39. The second-order valence-corrected chi connectivity index (χ2v) is 6.49. The Balaban J connectivity index is 1.67. The zero-order valence-electron chi connectivity index (χ0n) is 14.1. The van der Waals surface area contributed by atoms with Crippen LogP contribution < -0.4 is 10.1 Å². The first-order valence-corrected chi connectivity index (χ1v) is 8.79. The Hall–Kier alpha value is -2.21. The number of methoxy groups -OCH3 is 1. The molecule has 3 rings (SSSR count). The molecule has 0 bridgehead atoms. The monoisotopic (exact) mass is 392 g/mol.